The van der Waals surface area contributed by atoms with E-state index in [4.69, 9.17) is 4.74 Å². The normalized spacial score (nSPS) is 11.8. The van der Waals surface area contributed by atoms with Crippen LogP contribution in [0.4, 0.5) is 0 Å². The van der Waals surface area contributed by atoms with Gasteiger partial charge in [-0.3, -0.25) is 4.79 Å². The highest BCUT2D eigenvalue weighted by molar-refractivity contribution is 5.80. The number of ether oxygens (including phenoxy) is 1. The molecule has 3 rings (SSSR count). The third kappa shape index (κ3) is 4.22. The summed E-state index contributed by atoms with van der Waals surface area (Å²) in [5.74, 6) is 0.533. The van der Waals surface area contributed by atoms with Crippen molar-refractivity contribution in [1.82, 2.24) is 25.5 Å². The van der Waals surface area contributed by atoms with E-state index in [1.807, 2.05) is 55.5 Å². The number of benzene rings is 2. The van der Waals surface area contributed by atoms with Crippen molar-refractivity contribution < 1.29 is 14.6 Å². The predicted molar refractivity (Wildman–Crippen MR) is 93.7 cm³/mol. The molecule has 8 heteroatoms. The number of para-hydroxylation sites is 2. The molecule has 0 spiro atoms. The van der Waals surface area contributed by atoms with Crippen molar-refractivity contribution in [2.24, 2.45) is 0 Å². The summed E-state index contributed by atoms with van der Waals surface area (Å²) in [6.07, 6.45) is -1.30. The molecule has 0 aliphatic rings. The molecule has 0 bridgehead atoms. The largest absolute Gasteiger partial charge is 0.490 e. The SMILES string of the molecule is Cc1ccccc1OC[C@H](O)C(=O)NCc1nnnn1-c1ccccc1. The van der Waals surface area contributed by atoms with Crippen molar-refractivity contribution in [3.8, 4) is 11.4 Å². The highest BCUT2D eigenvalue weighted by Crippen LogP contribution is 2.16. The summed E-state index contributed by atoms with van der Waals surface area (Å²) in [5.41, 5.74) is 1.72. The summed E-state index contributed by atoms with van der Waals surface area (Å²) in [4.78, 5) is 12.1. The summed E-state index contributed by atoms with van der Waals surface area (Å²) in [6, 6.07) is 16.7. The Morgan fingerprint density at radius 2 is 1.92 bits per heavy atom. The minimum Gasteiger partial charge on any atom is -0.490 e. The van der Waals surface area contributed by atoms with E-state index >= 15 is 0 Å². The van der Waals surface area contributed by atoms with Gasteiger partial charge in [-0.05, 0) is 41.1 Å². The zero-order valence-corrected chi connectivity index (χ0v) is 14.2. The van der Waals surface area contributed by atoms with E-state index in [2.05, 4.69) is 20.8 Å². The van der Waals surface area contributed by atoms with Gasteiger partial charge in [0, 0.05) is 0 Å². The van der Waals surface area contributed by atoms with E-state index in [9.17, 15) is 9.90 Å². The van der Waals surface area contributed by atoms with Crippen LogP contribution in [0.25, 0.3) is 5.69 Å². The average molecular weight is 353 g/mol. The Bertz CT molecular complexity index is 866. The predicted octanol–water partition coefficient (Wildman–Crippen LogP) is 1.03. The maximum absolute atomic E-state index is 12.1. The minimum atomic E-state index is -1.30. The Kier molecular flexibility index (Phi) is 5.55. The lowest BCUT2D eigenvalue weighted by atomic mass is 10.2. The fourth-order valence-electron chi connectivity index (χ4n) is 2.33. The van der Waals surface area contributed by atoms with Gasteiger partial charge in [0.1, 0.15) is 12.4 Å². The third-order valence-corrected chi connectivity index (χ3v) is 3.75. The molecule has 0 fully saturated rings. The van der Waals surface area contributed by atoms with Crippen molar-refractivity contribution in [3.63, 3.8) is 0 Å². The first-order chi connectivity index (χ1) is 12.6. The molecule has 0 unspecified atom stereocenters. The van der Waals surface area contributed by atoms with Crippen LogP contribution >= 0.6 is 0 Å². The van der Waals surface area contributed by atoms with Gasteiger partial charge in [-0.15, -0.1) is 5.10 Å². The second kappa shape index (κ2) is 8.21. The van der Waals surface area contributed by atoms with Gasteiger partial charge in [-0.25, -0.2) is 0 Å². The van der Waals surface area contributed by atoms with Gasteiger partial charge in [-0.1, -0.05) is 36.4 Å². The van der Waals surface area contributed by atoms with Crippen LogP contribution in [0.2, 0.25) is 0 Å². The molecule has 2 aromatic carbocycles. The van der Waals surface area contributed by atoms with Crippen molar-refractivity contribution in [1.29, 1.82) is 0 Å². The molecule has 1 heterocycles. The first kappa shape index (κ1) is 17.6. The molecule has 2 N–H and O–H groups in total. The zero-order valence-electron chi connectivity index (χ0n) is 14.2. The lowest BCUT2D eigenvalue weighted by molar-refractivity contribution is -0.130. The molecule has 0 saturated carbocycles. The van der Waals surface area contributed by atoms with Crippen LogP contribution in [0.3, 0.4) is 0 Å². The first-order valence-electron chi connectivity index (χ1n) is 8.12. The standard InChI is InChI=1S/C18H19N5O3/c1-13-7-5-6-10-16(13)26-12-15(24)18(25)19-11-17-20-21-22-23(17)14-8-3-2-4-9-14/h2-10,15,24H,11-12H2,1H3,(H,19,25)/t15-/m0/s1. The van der Waals surface area contributed by atoms with Crippen LogP contribution in [-0.2, 0) is 11.3 Å². The molecule has 1 aromatic heterocycles. The molecular formula is C18H19N5O3. The molecule has 0 aliphatic heterocycles. The van der Waals surface area contributed by atoms with E-state index < -0.39 is 12.0 Å². The van der Waals surface area contributed by atoms with Crippen LogP contribution in [0.5, 0.6) is 5.75 Å². The number of aliphatic hydroxyl groups excluding tert-OH is 1. The molecule has 8 nitrogen and oxygen atoms in total. The van der Waals surface area contributed by atoms with E-state index in [-0.39, 0.29) is 13.2 Å². The number of rotatable bonds is 7. The van der Waals surface area contributed by atoms with Crippen LogP contribution in [-0.4, -0.2) is 43.9 Å². The Morgan fingerprint density at radius 1 is 1.19 bits per heavy atom. The number of aryl methyl sites for hydroxylation is 1. The van der Waals surface area contributed by atoms with Crippen LogP contribution < -0.4 is 10.1 Å². The molecule has 0 aliphatic carbocycles. The molecule has 0 saturated heterocycles. The quantitative estimate of drug-likeness (QED) is 0.658. The first-order valence-corrected chi connectivity index (χ1v) is 8.12. The summed E-state index contributed by atoms with van der Waals surface area (Å²) >= 11 is 0. The molecule has 1 atom stereocenters. The van der Waals surface area contributed by atoms with Crippen LogP contribution in [0, 0.1) is 6.92 Å². The highest BCUT2D eigenvalue weighted by Gasteiger charge is 2.17. The van der Waals surface area contributed by atoms with Gasteiger partial charge < -0.3 is 15.2 Å². The summed E-state index contributed by atoms with van der Waals surface area (Å²) < 4.78 is 7.02. The highest BCUT2D eigenvalue weighted by atomic mass is 16.5. The molecule has 26 heavy (non-hydrogen) atoms. The van der Waals surface area contributed by atoms with Gasteiger partial charge in [0.15, 0.2) is 11.9 Å². The Labute approximate surface area is 150 Å². The Balaban J connectivity index is 1.54. The van der Waals surface area contributed by atoms with E-state index in [0.29, 0.717) is 11.6 Å². The fourth-order valence-corrected chi connectivity index (χ4v) is 2.33. The van der Waals surface area contributed by atoms with E-state index in [1.165, 1.54) is 4.68 Å². The Hall–Kier alpha value is -3.26. The summed E-state index contributed by atoms with van der Waals surface area (Å²) in [7, 11) is 0. The van der Waals surface area contributed by atoms with Gasteiger partial charge in [0.2, 0.25) is 0 Å². The Morgan fingerprint density at radius 3 is 2.69 bits per heavy atom. The van der Waals surface area contributed by atoms with E-state index in [1.54, 1.807) is 6.07 Å². The smallest absolute Gasteiger partial charge is 0.252 e. The number of hydrogen-bond donors (Lipinski definition) is 2. The topological polar surface area (TPSA) is 102 Å². The fraction of sp³-hybridized carbons (Fsp3) is 0.222. The van der Waals surface area contributed by atoms with E-state index in [0.717, 1.165) is 11.3 Å². The van der Waals surface area contributed by atoms with Gasteiger partial charge in [0.05, 0.1) is 12.2 Å². The number of tetrazole rings is 1. The maximum Gasteiger partial charge on any atom is 0.252 e. The number of aromatic nitrogens is 4. The van der Waals surface area contributed by atoms with Gasteiger partial charge in [-0.2, -0.15) is 4.68 Å². The summed E-state index contributed by atoms with van der Waals surface area (Å²) in [6.45, 7) is 1.84. The monoisotopic (exact) mass is 353 g/mol. The molecule has 3 aromatic rings. The number of carbonyl (C=O) groups excluding carboxylic acids is 1. The number of aliphatic hydroxyl groups is 1. The van der Waals surface area contributed by atoms with Crippen molar-refractivity contribution >= 4 is 5.91 Å². The second-order valence-electron chi connectivity index (χ2n) is 5.65. The lowest BCUT2D eigenvalue weighted by Crippen LogP contribution is -2.38. The molecule has 1 amide bonds. The molecular weight excluding hydrogens is 334 g/mol. The minimum absolute atomic E-state index is 0.0855. The second-order valence-corrected chi connectivity index (χ2v) is 5.65. The number of carbonyl (C=O) groups is 1. The van der Waals surface area contributed by atoms with Crippen molar-refractivity contribution in [2.45, 2.75) is 19.6 Å². The van der Waals surface area contributed by atoms with Crippen LogP contribution in [0.1, 0.15) is 11.4 Å². The van der Waals surface area contributed by atoms with Crippen molar-refractivity contribution in [3.05, 3.63) is 66.0 Å². The third-order valence-electron chi connectivity index (χ3n) is 3.75. The number of nitrogens with one attached hydrogen (secondary N) is 1. The number of hydrogen-bond acceptors (Lipinski definition) is 6. The zero-order chi connectivity index (χ0) is 18.4. The number of nitrogens with zero attached hydrogens (tertiary/aromatic N) is 4. The van der Waals surface area contributed by atoms with Gasteiger partial charge in [0.25, 0.3) is 5.91 Å². The molecule has 134 valence electrons. The number of amides is 1. The maximum atomic E-state index is 12.1. The molecule has 0 radical (unpaired) electrons. The average Bonchev–Trinajstić information content (AvgIpc) is 3.14. The summed E-state index contributed by atoms with van der Waals surface area (Å²) in [5, 5.41) is 24.0. The lowest BCUT2D eigenvalue weighted by Gasteiger charge is -2.13. The van der Waals surface area contributed by atoms with Crippen LogP contribution in [0.15, 0.2) is 54.6 Å². The van der Waals surface area contributed by atoms with Crippen molar-refractivity contribution in [2.75, 3.05) is 6.61 Å². The van der Waals surface area contributed by atoms with Gasteiger partial charge >= 0.3 is 0 Å².